The SMILES string of the molecule is CC.CC.CC.CC.CC.c1ccc(N(c2ccccc2)c2ccc3c(c2)CCC3)cc1. The van der Waals surface area contributed by atoms with Gasteiger partial charge in [-0.25, -0.2) is 0 Å². The Balaban J connectivity index is 0. The lowest BCUT2D eigenvalue weighted by atomic mass is 10.1. The van der Waals surface area contributed by atoms with E-state index in [1.54, 1.807) is 0 Å². The van der Waals surface area contributed by atoms with E-state index in [1.165, 1.54) is 47.5 Å². The summed E-state index contributed by atoms with van der Waals surface area (Å²) < 4.78 is 0. The minimum Gasteiger partial charge on any atom is -0.310 e. The topological polar surface area (TPSA) is 3.24 Å². The number of anilines is 3. The molecule has 1 heteroatoms. The number of nitrogens with zero attached hydrogens (tertiary/aromatic N) is 1. The number of hydrogen-bond donors (Lipinski definition) is 0. The van der Waals surface area contributed by atoms with E-state index in [0.717, 1.165) is 0 Å². The molecule has 0 amide bonds. The van der Waals surface area contributed by atoms with Gasteiger partial charge in [0.25, 0.3) is 0 Å². The molecule has 0 radical (unpaired) electrons. The fourth-order valence-electron chi connectivity index (χ4n) is 3.30. The van der Waals surface area contributed by atoms with Crippen LogP contribution in [0.25, 0.3) is 0 Å². The molecule has 1 nitrogen and oxygen atoms in total. The number of rotatable bonds is 3. The Kier molecular flexibility index (Phi) is 21.4. The second-order valence-electron chi connectivity index (χ2n) is 5.81. The molecule has 0 aromatic heterocycles. The predicted octanol–water partition coefficient (Wildman–Crippen LogP) is 10.8. The van der Waals surface area contributed by atoms with Gasteiger partial charge >= 0.3 is 0 Å². The molecule has 0 unspecified atom stereocenters. The van der Waals surface area contributed by atoms with Crippen LogP contribution in [0, 0.1) is 0 Å². The van der Waals surface area contributed by atoms with Crippen LogP contribution in [0.15, 0.2) is 78.9 Å². The fourth-order valence-corrected chi connectivity index (χ4v) is 3.30. The second-order valence-corrected chi connectivity index (χ2v) is 5.81. The van der Waals surface area contributed by atoms with Gasteiger partial charge in [0.1, 0.15) is 0 Å². The third-order valence-corrected chi connectivity index (χ3v) is 4.37. The highest BCUT2D eigenvalue weighted by atomic mass is 15.1. The highest BCUT2D eigenvalue weighted by Crippen LogP contribution is 2.36. The molecular formula is C31H49N. The molecule has 0 saturated heterocycles. The minimum atomic E-state index is 1.20. The summed E-state index contributed by atoms with van der Waals surface area (Å²) in [6, 6.07) is 28.1. The molecule has 4 rings (SSSR count). The summed E-state index contributed by atoms with van der Waals surface area (Å²) in [6.07, 6.45) is 3.72. The maximum absolute atomic E-state index is 2.36. The van der Waals surface area contributed by atoms with Crippen molar-refractivity contribution in [1.82, 2.24) is 0 Å². The Bertz CT molecular complexity index is 723. The highest BCUT2D eigenvalue weighted by molar-refractivity contribution is 5.76. The quantitative estimate of drug-likeness (QED) is 0.395. The van der Waals surface area contributed by atoms with Gasteiger partial charge in [0.2, 0.25) is 0 Å². The summed E-state index contributed by atoms with van der Waals surface area (Å²) >= 11 is 0. The summed E-state index contributed by atoms with van der Waals surface area (Å²) in [6.45, 7) is 20.0. The Labute approximate surface area is 200 Å². The van der Waals surface area contributed by atoms with E-state index >= 15 is 0 Å². The van der Waals surface area contributed by atoms with Gasteiger partial charge in [-0.3, -0.25) is 0 Å². The van der Waals surface area contributed by atoms with E-state index in [9.17, 15) is 0 Å². The second kappa shape index (κ2) is 21.7. The smallest absolute Gasteiger partial charge is 0.0464 e. The molecule has 0 heterocycles. The standard InChI is InChI=1S/C21H19N.5C2H6/c1-3-10-19(11-4-1)22(20-12-5-2-6-13-20)21-15-14-17-8-7-9-18(17)16-21;5*1-2/h1-6,10-16H,7-9H2;5*1-2H3. The third-order valence-electron chi connectivity index (χ3n) is 4.37. The molecule has 178 valence electrons. The third kappa shape index (κ3) is 9.73. The first-order valence-corrected chi connectivity index (χ1v) is 12.9. The normalized spacial score (nSPS) is 9.81. The van der Waals surface area contributed by atoms with Gasteiger partial charge in [-0.1, -0.05) is 112 Å². The Morgan fingerprint density at radius 2 is 0.844 bits per heavy atom. The van der Waals surface area contributed by atoms with Gasteiger partial charge < -0.3 is 4.90 Å². The van der Waals surface area contributed by atoms with Gasteiger partial charge in [0.05, 0.1) is 0 Å². The van der Waals surface area contributed by atoms with Crippen molar-refractivity contribution >= 4 is 17.1 Å². The first-order valence-electron chi connectivity index (χ1n) is 12.9. The zero-order valence-corrected chi connectivity index (χ0v) is 22.6. The van der Waals surface area contributed by atoms with Gasteiger partial charge in [-0.05, 0) is 66.8 Å². The van der Waals surface area contributed by atoms with E-state index < -0.39 is 0 Å². The molecule has 0 saturated carbocycles. The van der Waals surface area contributed by atoms with E-state index in [1.807, 2.05) is 69.2 Å². The molecule has 1 aliphatic carbocycles. The van der Waals surface area contributed by atoms with Crippen molar-refractivity contribution in [2.45, 2.75) is 88.5 Å². The average Bonchev–Trinajstić information content (AvgIpc) is 3.40. The molecular weight excluding hydrogens is 386 g/mol. The van der Waals surface area contributed by atoms with Crippen LogP contribution in [0.3, 0.4) is 0 Å². The number of benzene rings is 3. The number of fused-ring (bicyclic) bond motifs is 1. The lowest BCUT2D eigenvalue weighted by Crippen LogP contribution is -2.10. The number of aryl methyl sites for hydroxylation is 2. The summed E-state index contributed by atoms with van der Waals surface area (Å²) in [5, 5.41) is 0. The van der Waals surface area contributed by atoms with Crippen LogP contribution in [-0.2, 0) is 12.8 Å². The molecule has 0 fully saturated rings. The molecule has 3 aromatic carbocycles. The van der Waals surface area contributed by atoms with E-state index in [-0.39, 0.29) is 0 Å². The minimum absolute atomic E-state index is 1.20. The first-order chi connectivity index (χ1) is 15.9. The van der Waals surface area contributed by atoms with E-state index in [4.69, 9.17) is 0 Å². The van der Waals surface area contributed by atoms with Gasteiger partial charge in [-0.15, -0.1) is 0 Å². The van der Waals surface area contributed by atoms with E-state index in [2.05, 4.69) is 83.8 Å². The van der Waals surface area contributed by atoms with Crippen molar-refractivity contribution in [2.75, 3.05) is 4.90 Å². The highest BCUT2D eigenvalue weighted by Gasteiger charge is 2.16. The fraction of sp³-hybridized carbons (Fsp3) is 0.419. The maximum atomic E-state index is 2.36. The zero-order valence-electron chi connectivity index (χ0n) is 22.6. The van der Waals surface area contributed by atoms with Crippen molar-refractivity contribution in [1.29, 1.82) is 0 Å². The van der Waals surface area contributed by atoms with Crippen LogP contribution in [-0.4, -0.2) is 0 Å². The van der Waals surface area contributed by atoms with Crippen LogP contribution in [0.5, 0.6) is 0 Å². The van der Waals surface area contributed by atoms with Crippen molar-refractivity contribution in [3.8, 4) is 0 Å². The molecule has 0 spiro atoms. The van der Waals surface area contributed by atoms with Crippen molar-refractivity contribution < 1.29 is 0 Å². The van der Waals surface area contributed by atoms with Gasteiger partial charge in [0, 0.05) is 17.1 Å². The number of hydrogen-bond acceptors (Lipinski definition) is 1. The molecule has 3 aromatic rings. The zero-order chi connectivity index (χ0) is 24.8. The molecule has 1 aliphatic rings. The summed E-state index contributed by atoms with van der Waals surface area (Å²) in [4.78, 5) is 2.33. The average molecular weight is 436 g/mol. The molecule has 0 bridgehead atoms. The Morgan fingerprint density at radius 3 is 1.28 bits per heavy atom. The monoisotopic (exact) mass is 435 g/mol. The summed E-state index contributed by atoms with van der Waals surface area (Å²) in [5.74, 6) is 0. The molecule has 0 N–H and O–H groups in total. The lowest BCUT2D eigenvalue weighted by molar-refractivity contribution is 0.912. The lowest BCUT2D eigenvalue weighted by Gasteiger charge is -2.26. The maximum Gasteiger partial charge on any atom is 0.0464 e. The van der Waals surface area contributed by atoms with Gasteiger partial charge in [0.15, 0.2) is 0 Å². The largest absolute Gasteiger partial charge is 0.310 e. The molecule has 0 atom stereocenters. The Hall–Kier alpha value is -2.54. The Morgan fingerprint density at radius 1 is 0.438 bits per heavy atom. The van der Waals surface area contributed by atoms with Crippen molar-refractivity contribution in [2.24, 2.45) is 0 Å². The summed E-state index contributed by atoms with van der Waals surface area (Å²) in [7, 11) is 0. The van der Waals surface area contributed by atoms with E-state index in [0.29, 0.717) is 0 Å². The van der Waals surface area contributed by atoms with Gasteiger partial charge in [-0.2, -0.15) is 0 Å². The van der Waals surface area contributed by atoms with Crippen LogP contribution in [0.4, 0.5) is 17.1 Å². The van der Waals surface area contributed by atoms with Crippen molar-refractivity contribution in [3.05, 3.63) is 90.0 Å². The molecule has 32 heavy (non-hydrogen) atoms. The van der Waals surface area contributed by atoms with Crippen LogP contribution < -0.4 is 4.90 Å². The van der Waals surface area contributed by atoms with Crippen LogP contribution in [0.2, 0.25) is 0 Å². The first kappa shape index (κ1) is 31.6. The van der Waals surface area contributed by atoms with Crippen LogP contribution in [0.1, 0.15) is 86.8 Å². The summed E-state index contributed by atoms with van der Waals surface area (Å²) in [5.41, 5.74) is 6.68. The molecule has 0 aliphatic heterocycles. The van der Waals surface area contributed by atoms with Crippen molar-refractivity contribution in [3.63, 3.8) is 0 Å². The van der Waals surface area contributed by atoms with Crippen LogP contribution >= 0.6 is 0 Å². The number of para-hydroxylation sites is 2. The predicted molar refractivity (Wildman–Crippen MR) is 150 cm³/mol.